The number of hydrogen-bond acceptors (Lipinski definition) is 7. The number of hydrogen-bond donors (Lipinski definition) is 2. The lowest BCUT2D eigenvalue weighted by Gasteiger charge is -2.55. The summed E-state index contributed by atoms with van der Waals surface area (Å²) in [6.07, 6.45) is 4.75. The first-order valence-electron chi connectivity index (χ1n) is 11.9. The molecule has 1 atom stereocenters. The average molecular weight is 461 g/mol. The van der Waals surface area contributed by atoms with Gasteiger partial charge in [-0.2, -0.15) is 0 Å². The molecule has 9 nitrogen and oxygen atoms in total. The predicted molar refractivity (Wildman–Crippen MR) is 127 cm³/mol. The summed E-state index contributed by atoms with van der Waals surface area (Å²) in [5, 5.41) is 2.36. The number of fused-ring (bicyclic) bond motifs is 1. The van der Waals surface area contributed by atoms with Gasteiger partial charge in [-0.15, -0.1) is 0 Å². The van der Waals surface area contributed by atoms with Crippen LogP contribution < -0.4 is 20.9 Å². The summed E-state index contributed by atoms with van der Waals surface area (Å²) >= 11 is 0. The number of piperidine rings is 2. The molecule has 5 heterocycles. The van der Waals surface area contributed by atoms with E-state index in [1.807, 2.05) is 30.5 Å². The van der Waals surface area contributed by atoms with Gasteiger partial charge in [-0.1, -0.05) is 6.07 Å². The van der Waals surface area contributed by atoms with Crippen LogP contribution in [0.15, 0.2) is 36.5 Å². The van der Waals surface area contributed by atoms with Crippen molar-refractivity contribution in [2.45, 2.75) is 38.3 Å². The van der Waals surface area contributed by atoms with Crippen LogP contribution in [0.5, 0.6) is 0 Å². The maximum Gasteiger partial charge on any atom is 0.255 e. The number of rotatable bonds is 3. The van der Waals surface area contributed by atoms with Crippen molar-refractivity contribution >= 4 is 34.9 Å². The fourth-order valence-electron chi connectivity index (χ4n) is 5.83. The summed E-state index contributed by atoms with van der Waals surface area (Å²) in [6.45, 7) is 4.40. The van der Waals surface area contributed by atoms with E-state index in [2.05, 4.69) is 26.2 Å². The zero-order valence-corrected chi connectivity index (χ0v) is 19.0. The van der Waals surface area contributed by atoms with Gasteiger partial charge < -0.3 is 20.4 Å². The van der Waals surface area contributed by atoms with Crippen molar-refractivity contribution in [1.82, 2.24) is 15.2 Å². The summed E-state index contributed by atoms with van der Waals surface area (Å²) in [6, 6.07) is 9.38. The summed E-state index contributed by atoms with van der Waals surface area (Å²) in [5.41, 5.74) is 9.83. The molecule has 0 aliphatic carbocycles. The minimum Gasteiger partial charge on any atom is -0.384 e. The Morgan fingerprint density at radius 3 is 2.47 bits per heavy atom. The van der Waals surface area contributed by atoms with Crippen molar-refractivity contribution in [3.63, 3.8) is 0 Å². The Bertz CT molecular complexity index is 1160. The maximum atomic E-state index is 13.1. The van der Waals surface area contributed by atoms with E-state index in [4.69, 9.17) is 5.73 Å². The molecule has 3 amide bonds. The summed E-state index contributed by atoms with van der Waals surface area (Å²) in [7, 11) is 0. The molecule has 9 heteroatoms. The number of nitrogens with zero attached hydrogens (tertiary/aromatic N) is 4. The predicted octanol–water partition coefficient (Wildman–Crippen LogP) is 1.53. The largest absolute Gasteiger partial charge is 0.384 e. The lowest BCUT2D eigenvalue weighted by Crippen LogP contribution is -2.60. The quantitative estimate of drug-likeness (QED) is 0.668. The van der Waals surface area contributed by atoms with Gasteiger partial charge in [-0.25, -0.2) is 4.98 Å². The van der Waals surface area contributed by atoms with Gasteiger partial charge >= 0.3 is 0 Å². The number of amides is 3. The molecule has 1 aromatic carbocycles. The van der Waals surface area contributed by atoms with E-state index in [9.17, 15) is 14.4 Å². The van der Waals surface area contributed by atoms with Gasteiger partial charge in [0.2, 0.25) is 11.8 Å². The van der Waals surface area contributed by atoms with Crippen molar-refractivity contribution in [1.29, 1.82) is 0 Å². The third kappa shape index (κ3) is 3.46. The number of aromatic nitrogens is 1. The molecule has 4 aliphatic heterocycles. The second-order valence-electron chi connectivity index (χ2n) is 10.0. The number of carbonyl (C=O) groups excluding carboxylic acids is 3. The van der Waals surface area contributed by atoms with Crippen LogP contribution in [-0.2, 0) is 16.1 Å². The van der Waals surface area contributed by atoms with Crippen molar-refractivity contribution in [3.05, 3.63) is 47.7 Å². The molecule has 3 fully saturated rings. The molecular weight excluding hydrogens is 432 g/mol. The molecule has 4 aliphatic rings. The monoisotopic (exact) mass is 460 g/mol. The van der Waals surface area contributed by atoms with E-state index in [1.54, 1.807) is 4.90 Å². The second kappa shape index (κ2) is 7.72. The molecule has 176 valence electrons. The fraction of sp³-hybridized carbons (Fsp3) is 0.440. The van der Waals surface area contributed by atoms with Crippen LogP contribution in [0.2, 0.25) is 0 Å². The molecule has 3 N–H and O–H groups in total. The first-order valence-corrected chi connectivity index (χ1v) is 11.9. The highest BCUT2D eigenvalue weighted by molar-refractivity contribution is 6.05. The van der Waals surface area contributed by atoms with Crippen LogP contribution in [-0.4, -0.2) is 59.8 Å². The highest BCUT2D eigenvalue weighted by Gasteiger charge is 2.46. The molecule has 3 saturated heterocycles. The number of nitrogens with two attached hydrogens (primary N) is 1. The molecule has 2 aromatic rings. The second-order valence-corrected chi connectivity index (χ2v) is 10.0. The highest BCUT2D eigenvalue weighted by atomic mass is 16.2. The molecule has 0 radical (unpaired) electrons. The molecular formula is C25H28N6O3. The van der Waals surface area contributed by atoms with Crippen LogP contribution in [0.25, 0.3) is 0 Å². The van der Waals surface area contributed by atoms with Crippen LogP contribution in [0, 0.1) is 5.41 Å². The lowest BCUT2D eigenvalue weighted by atomic mass is 9.71. The van der Waals surface area contributed by atoms with Gasteiger partial charge in [0, 0.05) is 55.8 Å². The summed E-state index contributed by atoms with van der Waals surface area (Å²) in [4.78, 5) is 47.4. The van der Waals surface area contributed by atoms with Crippen LogP contribution in [0.1, 0.15) is 41.6 Å². The number of anilines is 3. The smallest absolute Gasteiger partial charge is 0.255 e. The van der Waals surface area contributed by atoms with E-state index in [0.29, 0.717) is 29.8 Å². The van der Waals surface area contributed by atoms with Gasteiger partial charge in [0.1, 0.15) is 11.9 Å². The molecule has 1 spiro atoms. The van der Waals surface area contributed by atoms with Crippen molar-refractivity contribution < 1.29 is 14.4 Å². The Morgan fingerprint density at radius 1 is 1.00 bits per heavy atom. The first-order chi connectivity index (χ1) is 16.4. The van der Waals surface area contributed by atoms with E-state index < -0.39 is 6.04 Å². The van der Waals surface area contributed by atoms with Gasteiger partial charge in [0.05, 0.1) is 11.9 Å². The Morgan fingerprint density at radius 2 is 1.76 bits per heavy atom. The molecule has 34 heavy (non-hydrogen) atoms. The number of nitrogens with one attached hydrogen (secondary N) is 1. The maximum absolute atomic E-state index is 13.1. The zero-order valence-electron chi connectivity index (χ0n) is 19.0. The third-order valence-corrected chi connectivity index (χ3v) is 7.89. The number of nitrogen functional groups attached to an aromatic ring is 1. The van der Waals surface area contributed by atoms with Gasteiger partial charge in [0.15, 0.2) is 0 Å². The normalized spacial score (nSPS) is 23.7. The van der Waals surface area contributed by atoms with E-state index >= 15 is 0 Å². The van der Waals surface area contributed by atoms with Crippen molar-refractivity contribution in [3.8, 4) is 0 Å². The molecule has 0 bridgehead atoms. The molecule has 1 aromatic heterocycles. The number of carbonyl (C=O) groups is 3. The zero-order chi connectivity index (χ0) is 23.4. The summed E-state index contributed by atoms with van der Waals surface area (Å²) < 4.78 is 0. The Kier molecular flexibility index (Phi) is 4.75. The standard InChI is InChI=1S/C25H28N6O3/c26-21-5-3-18(12-27-21)29-9-7-25(8-10-29)14-30(15-25)17-2-1-16-13-31(24(34)19(16)11-17)20-4-6-22(32)28-23(20)33/h1-3,5,11-12,20H,4,6-10,13-15H2,(H2,26,27)(H,28,32,33)/t20-/m1/s1. The minimum atomic E-state index is -0.574. The van der Waals surface area contributed by atoms with Crippen molar-refractivity contribution in [2.24, 2.45) is 5.41 Å². The van der Waals surface area contributed by atoms with Crippen LogP contribution >= 0.6 is 0 Å². The topological polar surface area (TPSA) is 112 Å². The highest BCUT2D eigenvalue weighted by Crippen LogP contribution is 2.44. The molecule has 0 unspecified atom stereocenters. The first kappa shape index (κ1) is 20.9. The summed E-state index contributed by atoms with van der Waals surface area (Å²) in [5.74, 6) is -0.217. The number of pyridine rings is 1. The average Bonchev–Trinajstić information content (AvgIpc) is 3.14. The van der Waals surface area contributed by atoms with E-state index in [-0.39, 0.29) is 24.1 Å². The Hall–Kier alpha value is -3.62. The van der Waals surface area contributed by atoms with Gasteiger partial charge in [0.25, 0.3) is 5.91 Å². The van der Waals surface area contributed by atoms with Gasteiger partial charge in [-0.3, -0.25) is 19.7 Å². The molecule has 6 rings (SSSR count). The number of imide groups is 1. The fourth-order valence-corrected chi connectivity index (χ4v) is 5.83. The SMILES string of the molecule is Nc1ccc(N2CCC3(CC2)CN(c2ccc4c(c2)C(=O)N([C@@H]2CCC(=O)NC2=O)C4)C3)cn1. The minimum absolute atomic E-state index is 0.119. The third-order valence-electron chi connectivity index (χ3n) is 7.89. The molecule has 0 saturated carbocycles. The van der Waals surface area contributed by atoms with Gasteiger partial charge in [-0.05, 0) is 49.1 Å². The Balaban J connectivity index is 1.09. The van der Waals surface area contributed by atoms with Crippen LogP contribution in [0.3, 0.4) is 0 Å². The number of benzene rings is 1. The van der Waals surface area contributed by atoms with Crippen LogP contribution in [0.4, 0.5) is 17.2 Å². The Labute approximate surface area is 197 Å². The lowest BCUT2D eigenvalue weighted by molar-refractivity contribution is -0.136. The van der Waals surface area contributed by atoms with Crippen molar-refractivity contribution in [2.75, 3.05) is 41.7 Å². The van der Waals surface area contributed by atoms with E-state index in [0.717, 1.165) is 56.0 Å². The van der Waals surface area contributed by atoms with E-state index in [1.165, 1.54) is 0 Å².